The maximum absolute atomic E-state index is 16.0. The fraction of sp³-hybridized carbons (Fsp3) is 0.429. The first-order valence-corrected chi connectivity index (χ1v) is 36.3. The molecule has 30 nitrogen and oxygen atoms in total. The van der Waals surface area contributed by atoms with Gasteiger partial charge in [0.15, 0.2) is 11.5 Å². The van der Waals surface area contributed by atoms with Crippen LogP contribution in [-0.4, -0.2) is 163 Å². The van der Waals surface area contributed by atoms with Gasteiger partial charge < -0.3 is 112 Å². The lowest BCUT2D eigenvalue weighted by Crippen LogP contribution is -2.60. The van der Waals surface area contributed by atoms with Crippen molar-refractivity contribution in [1.29, 1.82) is 0 Å². The Morgan fingerprint density at radius 3 is 1.95 bits per heavy atom. The molecule has 0 aromatic heterocycles. The van der Waals surface area contributed by atoms with E-state index in [4.69, 9.17) is 35.3 Å². The third-order valence-corrected chi connectivity index (χ3v) is 21.7. The number of carbonyl (C=O) groups is 8. The number of fused-ring (bicyclic) bond motifs is 15. The van der Waals surface area contributed by atoms with Crippen molar-refractivity contribution < 1.29 is 103 Å². The largest absolute Gasteiger partial charge is 0.507 e. The highest BCUT2D eigenvalue weighted by atomic mass is 35.5. The van der Waals surface area contributed by atoms with E-state index in [1.807, 2.05) is 13.8 Å². The van der Waals surface area contributed by atoms with Gasteiger partial charge in [0.1, 0.15) is 95.6 Å². The fourth-order valence-corrected chi connectivity index (χ4v) is 16.3. The van der Waals surface area contributed by atoms with Gasteiger partial charge in [-0.05, 0) is 183 Å². The fourth-order valence-electron chi connectivity index (χ4n) is 16.1. The van der Waals surface area contributed by atoms with Crippen molar-refractivity contribution >= 4 is 59.0 Å². The molecule has 17 N–H and O–H groups in total. The summed E-state index contributed by atoms with van der Waals surface area (Å²) in [6, 6.07) is 12.9. The van der Waals surface area contributed by atoms with E-state index < -0.39 is 175 Å². The van der Waals surface area contributed by atoms with Crippen LogP contribution in [0.2, 0.25) is 5.02 Å². The second-order valence-corrected chi connectivity index (χ2v) is 29.7. The smallest absolute Gasteiger partial charge is 0.413 e. The van der Waals surface area contributed by atoms with Crippen molar-refractivity contribution in [3.8, 4) is 57.1 Å². The number of phenols is 2. The number of hydrogen-bond donors (Lipinski definition) is 17. The molecule has 0 radical (unpaired) electrons. The van der Waals surface area contributed by atoms with Gasteiger partial charge in [-0.3, -0.25) is 33.6 Å². The molecule has 6 aliphatic heterocycles. The van der Waals surface area contributed by atoms with Crippen LogP contribution in [0.1, 0.15) is 135 Å². The minimum Gasteiger partial charge on any atom is -0.507 e. The number of phenolic OH excluding ortho intramolecular Hbond substituents is 2. The summed E-state index contributed by atoms with van der Waals surface area (Å²) in [5.41, 5.74) is -0.593. The standard InChI is InChI=1S/C77H86ClN9O21/c1-32(2)17-48(79-5)70(97)86-62-64(92)39-12-15-51(33(3)18-39)105-53-26-43-27-54(69(53)108-76-68(96)67(95)66(94)55(31-88)107-76)106-52-16-13-40(25-47(52)78)65(93)63-75(102)85-61(74(101)83-58-41-20-35-19-36(22-41)23-42(58)21-35)46-28-44(104-77(103)81-34(4)37-9-7-6-8-10-37)29-50(90)57(46)45-24-38(11-14-49(45)89)59(72(99)87-63)84-73(100)60(43)82-56(91)30-80-71(62)98/h6-16,18,24-29,32,34-36,41-42,48,55,58-68,76,79,88-90,92-96H,17,19-23,30-31H2,1-5H3,(H,80,98)(H,81,103)(H,82,91)(H,83,101)(H,84,100)(H,85,102)(H,86,97)(H,87,99)/t34-,35?,36?,41?,42?,48+,55+,58?,59-,60+,61-,62+,63-,64+,65+,66+,67-,68+,76?/m0/s1. The lowest BCUT2D eigenvalue weighted by atomic mass is 9.54. The molecule has 6 aromatic carbocycles. The number of carbonyl (C=O) groups excluding carboxylic acids is 8. The van der Waals surface area contributed by atoms with E-state index in [1.165, 1.54) is 54.6 Å². The number of aromatic hydroxyl groups is 2. The maximum Gasteiger partial charge on any atom is 0.413 e. The van der Waals surface area contributed by atoms with E-state index in [-0.39, 0.29) is 90.6 Å². The van der Waals surface area contributed by atoms with Crippen LogP contribution in [-0.2, 0) is 38.3 Å². The van der Waals surface area contributed by atoms with Gasteiger partial charge >= 0.3 is 6.09 Å². The van der Waals surface area contributed by atoms with Crippen LogP contribution in [0, 0.1) is 36.5 Å². The zero-order valence-electron chi connectivity index (χ0n) is 59.4. The Labute approximate surface area is 624 Å². The first-order chi connectivity index (χ1) is 51.6. The maximum atomic E-state index is 16.0. The van der Waals surface area contributed by atoms with Gasteiger partial charge in [0.25, 0.3) is 0 Å². The van der Waals surface area contributed by atoms with E-state index in [9.17, 15) is 60.0 Å². The molecule has 1 unspecified atom stereocenters. The Hall–Kier alpha value is -10.2. The molecule has 6 aromatic rings. The number of rotatable bonds is 13. The number of amides is 8. The van der Waals surface area contributed by atoms with Gasteiger partial charge in [0.2, 0.25) is 53.4 Å². The zero-order valence-corrected chi connectivity index (χ0v) is 60.1. The number of hydrogen-bond acceptors (Lipinski definition) is 22. The summed E-state index contributed by atoms with van der Waals surface area (Å²) < 4.78 is 31.4. The molecule has 108 heavy (non-hydrogen) atoms. The normalized spacial score (nSPS) is 28.6. The number of benzene rings is 6. The van der Waals surface area contributed by atoms with Crippen molar-refractivity contribution in [1.82, 2.24) is 47.9 Å². The average Bonchev–Trinajstić information content (AvgIpc) is 0.760. The summed E-state index contributed by atoms with van der Waals surface area (Å²) in [6.45, 7) is 5.13. The Morgan fingerprint density at radius 1 is 0.648 bits per heavy atom. The number of aliphatic hydroxyl groups is 6. The van der Waals surface area contributed by atoms with Crippen molar-refractivity contribution in [3.05, 3.63) is 153 Å². The van der Waals surface area contributed by atoms with Crippen LogP contribution >= 0.6 is 11.6 Å². The van der Waals surface area contributed by atoms with Gasteiger partial charge in [0.05, 0.1) is 30.3 Å². The molecular weight excluding hydrogens is 1420 g/mol. The SMILES string of the molecule is CN[C@H](CC(C)C)C(=O)N[C@H]1C(=O)NCC(=O)N[C@H]2C(=O)N[C@@H]3C(=O)N[C@H](C(=O)N[C@H](C(=O)NC4C5CC6CC(C5)CC4C6)c4cc(OC(=O)N[C@@H](C)c5ccccc5)cc(O)c4-c4cc3ccc4O)[C@H](O)c3ccc(c(Cl)c3)Oc3cc2cc(c3OC2O[C@H](CO)[C@@H](O)[C@H](O)[C@H]2O)Oc2ccc(cc2C)[C@H]1O. The molecule has 15 bridgehead atoms. The second kappa shape index (κ2) is 31.6. The van der Waals surface area contributed by atoms with Crippen molar-refractivity contribution in [2.24, 2.45) is 29.6 Å². The lowest BCUT2D eigenvalue weighted by molar-refractivity contribution is -0.277. The molecule has 4 saturated carbocycles. The summed E-state index contributed by atoms with van der Waals surface area (Å²) in [4.78, 5) is 121. The van der Waals surface area contributed by atoms with Crippen molar-refractivity contribution in [3.63, 3.8) is 0 Å². The van der Waals surface area contributed by atoms with E-state index in [1.54, 1.807) is 51.2 Å². The molecule has 572 valence electrons. The highest BCUT2D eigenvalue weighted by Crippen LogP contribution is 2.55. The van der Waals surface area contributed by atoms with Gasteiger partial charge in [-0.1, -0.05) is 74.0 Å². The van der Waals surface area contributed by atoms with E-state index in [0.717, 1.165) is 56.4 Å². The van der Waals surface area contributed by atoms with Crippen LogP contribution in [0.25, 0.3) is 11.1 Å². The molecule has 1 saturated heterocycles. The van der Waals surface area contributed by atoms with Crippen LogP contribution in [0.5, 0.6) is 46.0 Å². The Bertz CT molecular complexity index is 4460. The number of likely N-dealkylation sites (N-methyl/N-ethyl adjacent to an activating group) is 1. The summed E-state index contributed by atoms with van der Waals surface area (Å²) >= 11 is 7.16. The number of aliphatic hydroxyl groups excluding tert-OH is 6. The van der Waals surface area contributed by atoms with Crippen molar-refractivity contribution in [2.45, 2.75) is 157 Å². The first kappa shape index (κ1) is 76.1. The molecule has 4 aliphatic carbocycles. The Morgan fingerprint density at radius 2 is 1.30 bits per heavy atom. The molecule has 5 fully saturated rings. The van der Waals surface area contributed by atoms with Gasteiger partial charge in [-0.2, -0.15) is 0 Å². The molecule has 16 rings (SSSR count). The topological polar surface area (TPSA) is 453 Å². The third kappa shape index (κ3) is 15.8. The number of aryl methyl sites for hydroxylation is 1. The summed E-state index contributed by atoms with van der Waals surface area (Å²) in [6.07, 6.45) is -9.71. The van der Waals surface area contributed by atoms with Gasteiger partial charge in [0, 0.05) is 23.2 Å². The minimum atomic E-state index is -2.18. The molecule has 31 heteroatoms. The summed E-state index contributed by atoms with van der Waals surface area (Å²) in [5.74, 6) is -9.94. The van der Waals surface area contributed by atoms with E-state index >= 15 is 19.2 Å². The van der Waals surface area contributed by atoms with Crippen LogP contribution in [0.15, 0.2) is 109 Å². The van der Waals surface area contributed by atoms with Gasteiger partial charge in [-0.15, -0.1) is 0 Å². The zero-order chi connectivity index (χ0) is 76.8. The van der Waals surface area contributed by atoms with E-state index in [2.05, 4.69) is 47.9 Å². The minimum absolute atomic E-state index is 0.0116. The highest BCUT2D eigenvalue weighted by molar-refractivity contribution is 6.32. The molecule has 14 atom stereocenters. The first-order valence-electron chi connectivity index (χ1n) is 35.9. The Kier molecular flexibility index (Phi) is 22.2. The van der Waals surface area contributed by atoms with Gasteiger partial charge in [-0.25, -0.2) is 4.79 Å². The molecule has 6 heterocycles. The monoisotopic (exact) mass is 1510 g/mol. The molecule has 10 aliphatic rings. The van der Waals surface area contributed by atoms with E-state index in [0.29, 0.717) is 23.8 Å². The quantitative estimate of drug-likeness (QED) is 0.0767. The highest BCUT2D eigenvalue weighted by Gasteiger charge is 2.51. The predicted octanol–water partition coefficient (Wildman–Crippen LogP) is 4.28. The second-order valence-electron chi connectivity index (χ2n) is 29.3. The van der Waals surface area contributed by atoms with Crippen LogP contribution in [0.3, 0.4) is 0 Å². The number of nitrogens with one attached hydrogen (secondary N) is 9. The van der Waals surface area contributed by atoms with Crippen LogP contribution < -0.4 is 66.8 Å². The average molecular weight is 1510 g/mol. The predicted molar refractivity (Wildman–Crippen MR) is 384 cm³/mol. The number of halogens is 1. The molecule has 0 spiro atoms. The number of ether oxygens (including phenoxy) is 5. The summed E-state index contributed by atoms with van der Waals surface area (Å²) in [7, 11) is 1.54. The van der Waals surface area contributed by atoms with Crippen LogP contribution in [0.4, 0.5) is 4.79 Å². The van der Waals surface area contributed by atoms with Crippen molar-refractivity contribution in [2.75, 3.05) is 20.2 Å². The molecule has 8 amide bonds. The molecular formula is C77H86ClN9O21. The lowest BCUT2D eigenvalue weighted by Gasteiger charge is -2.54. The third-order valence-electron chi connectivity index (χ3n) is 21.4. The summed E-state index contributed by atoms with van der Waals surface area (Å²) in [5, 5.41) is 118. The Balaban J connectivity index is 0.978.